The smallest absolute Gasteiger partial charge is 0.368 e. The Kier molecular flexibility index (Phi) is 9.58. The van der Waals surface area contributed by atoms with Gasteiger partial charge in [0.15, 0.2) is 0 Å². The predicted molar refractivity (Wildman–Crippen MR) is 141 cm³/mol. The van der Waals surface area contributed by atoms with Crippen LogP contribution >= 0.6 is 23.2 Å². The minimum absolute atomic E-state index is 0.0314. The van der Waals surface area contributed by atoms with Crippen LogP contribution in [-0.4, -0.2) is 37.0 Å². The van der Waals surface area contributed by atoms with Gasteiger partial charge in [-0.2, -0.15) is 13.2 Å². The topological polar surface area (TPSA) is 49.6 Å². The van der Waals surface area contributed by atoms with Gasteiger partial charge in [0.25, 0.3) is 0 Å². The molecule has 1 aliphatic rings. The van der Waals surface area contributed by atoms with Crippen LogP contribution in [0.25, 0.3) is 0 Å². The molecule has 0 aliphatic carbocycles. The lowest BCUT2D eigenvalue weighted by Crippen LogP contribution is -2.51. The van der Waals surface area contributed by atoms with E-state index in [2.05, 4.69) is 0 Å². The lowest BCUT2D eigenvalue weighted by atomic mass is 9.91. The summed E-state index contributed by atoms with van der Waals surface area (Å²) < 4.78 is 41.6. The minimum atomic E-state index is -4.49. The predicted octanol–water partition coefficient (Wildman–Crippen LogP) is 6.98. The Balaban J connectivity index is 1.76. The molecule has 1 heterocycles. The van der Waals surface area contributed by atoms with Crippen LogP contribution in [0.5, 0.6) is 0 Å². The molecule has 2 N–H and O–H groups in total. The molecule has 1 amide bonds. The van der Waals surface area contributed by atoms with E-state index in [1.165, 1.54) is 6.07 Å². The normalized spacial score (nSPS) is 16.4. The maximum absolute atomic E-state index is 13.9. The van der Waals surface area contributed by atoms with E-state index in [4.69, 9.17) is 28.9 Å². The van der Waals surface area contributed by atoms with Crippen molar-refractivity contribution >= 4 is 34.8 Å². The van der Waals surface area contributed by atoms with Crippen molar-refractivity contribution in [1.29, 1.82) is 0 Å². The second kappa shape index (κ2) is 12.1. The van der Waals surface area contributed by atoms with Gasteiger partial charge in [-0.05, 0) is 55.0 Å². The van der Waals surface area contributed by atoms with Crippen molar-refractivity contribution in [2.24, 2.45) is 17.6 Å². The third kappa shape index (κ3) is 6.87. The molecule has 2 atom stereocenters. The van der Waals surface area contributed by atoms with Gasteiger partial charge in [0.1, 0.15) is 0 Å². The number of benzene rings is 2. The van der Waals surface area contributed by atoms with Crippen molar-refractivity contribution in [2.75, 3.05) is 31.1 Å². The van der Waals surface area contributed by atoms with E-state index in [-0.39, 0.29) is 23.3 Å². The number of carbonyl (C=O) groups is 1. The van der Waals surface area contributed by atoms with Gasteiger partial charge in [-0.15, -0.1) is 0 Å². The minimum Gasteiger partial charge on any atom is -0.368 e. The maximum atomic E-state index is 13.9. The SMILES string of the molecule is CCC(Cc1ccc(Cl)cc1Cl)C(=O)N1CCN(c2cccc(C(F)(F)F)c2C(N)CC(C)C)CC1. The number of rotatable bonds is 8. The van der Waals surface area contributed by atoms with Crippen molar-refractivity contribution in [3.63, 3.8) is 0 Å². The molecular formula is C27H34Cl2F3N3O. The maximum Gasteiger partial charge on any atom is 0.416 e. The Morgan fingerprint density at radius 2 is 1.75 bits per heavy atom. The number of hydrogen-bond acceptors (Lipinski definition) is 3. The van der Waals surface area contributed by atoms with E-state index in [9.17, 15) is 18.0 Å². The Labute approximate surface area is 221 Å². The molecule has 3 rings (SSSR count). The van der Waals surface area contributed by atoms with Gasteiger partial charge in [-0.3, -0.25) is 4.79 Å². The molecule has 2 aromatic carbocycles. The van der Waals surface area contributed by atoms with Crippen molar-refractivity contribution in [1.82, 2.24) is 4.90 Å². The molecule has 2 aromatic rings. The first-order valence-corrected chi connectivity index (χ1v) is 13.1. The summed E-state index contributed by atoms with van der Waals surface area (Å²) >= 11 is 12.3. The number of halogens is 5. The summed E-state index contributed by atoms with van der Waals surface area (Å²) in [5, 5.41) is 1.08. The van der Waals surface area contributed by atoms with Crippen LogP contribution in [0.3, 0.4) is 0 Å². The molecule has 0 spiro atoms. The Morgan fingerprint density at radius 3 is 2.31 bits per heavy atom. The van der Waals surface area contributed by atoms with Gasteiger partial charge in [0, 0.05) is 59.4 Å². The second-order valence-corrected chi connectivity index (χ2v) is 10.7. The largest absolute Gasteiger partial charge is 0.416 e. The van der Waals surface area contributed by atoms with Gasteiger partial charge in [0.05, 0.1) is 5.56 Å². The fraction of sp³-hybridized carbons (Fsp3) is 0.519. The molecule has 1 fully saturated rings. The Hall–Kier alpha value is -1.96. The zero-order valence-electron chi connectivity index (χ0n) is 20.9. The van der Waals surface area contributed by atoms with Crippen LogP contribution in [0.2, 0.25) is 10.0 Å². The average Bonchev–Trinajstić information content (AvgIpc) is 2.82. The number of amides is 1. The summed E-state index contributed by atoms with van der Waals surface area (Å²) in [5.74, 6) is -0.0496. The monoisotopic (exact) mass is 543 g/mol. The molecule has 0 bridgehead atoms. The molecule has 36 heavy (non-hydrogen) atoms. The number of nitrogens with two attached hydrogens (primary N) is 1. The third-order valence-electron chi connectivity index (χ3n) is 6.74. The third-order valence-corrected chi connectivity index (χ3v) is 7.33. The highest BCUT2D eigenvalue weighted by Gasteiger charge is 2.37. The highest BCUT2D eigenvalue weighted by atomic mass is 35.5. The fourth-order valence-corrected chi connectivity index (χ4v) is 5.36. The molecule has 2 unspecified atom stereocenters. The van der Waals surface area contributed by atoms with Gasteiger partial charge in [-0.25, -0.2) is 0 Å². The van der Waals surface area contributed by atoms with Crippen LogP contribution in [0.1, 0.15) is 56.3 Å². The number of alkyl halides is 3. The zero-order chi connectivity index (χ0) is 26.6. The quantitative estimate of drug-likeness (QED) is 0.390. The van der Waals surface area contributed by atoms with Gasteiger partial charge < -0.3 is 15.5 Å². The lowest BCUT2D eigenvalue weighted by Gasteiger charge is -2.39. The molecule has 4 nitrogen and oxygen atoms in total. The summed E-state index contributed by atoms with van der Waals surface area (Å²) in [5.41, 5.74) is 7.15. The van der Waals surface area contributed by atoms with Crippen LogP contribution < -0.4 is 10.6 Å². The van der Waals surface area contributed by atoms with Gasteiger partial charge >= 0.3 is 6.18 Å². The molecular weight excluding hydrogens is 510 g/mol. The van der Waals surface area contributed by atoms with E-state index in [0.29, 0.717) is 61.2 Å². The summed E-state index contributed by atoms with van der Waals surface area (Å²) in [7, 11) is 0. The zero-order valence-corrected chi connectivity index (χ0v) is 22.4. The van der Waals surface area contributed by atoms with Gasteiger partial charge in [-0.1, -0.05) is 56.1 Å². The number of carbonyl (C=O) groups excluding carboxylic acids is 1. The number of piperazine rings is 1. The fourth-order valence-electron chi connectivity index (χ4n) is 4.88. The molecule has 0 radical (unpaired) electrons. The van der Waals surface area contributed by atoms with E-state index in [1.54, 1.807) is 23.1 Å². The molecule has 0 saturated carbocycles. The van der Waals surface area contributed by atoms with E-state index >= 15 is 0 Å². The first-order valence-electron chi connectivity index (χ1n) is 12.4. The Morgan fingerprint density at radius 1 is 1.08 bits per heavy atom. The van der Waals surface area contributed by atoms with E-state index in [0.717, 1.165) is 11.6 Å². The number of anilines is 1. The molecule has 198 valence electrons. The molecule has 9 heteroatoms. The van der Waals surface area contributed by atoms with Crippen molar-refractivity contribution in [2.45, 2.75) is 52.3 Å². The Bertz CT molecular complexity index is 1050. The first kappa shape index (κ1) is 28.6. The molecule has 1 saturated heterocycles. The number of nitrogens with zero attached hydrogens (tertiary/aromatic N) is 2. The first-order chi connectivity index (χ1) is 16.9. The summed E-state index contributed by atoms with van der Waals surface area (Å²) in [6, 6.07) is 8.79. The molecule has 1 aliphatic heterocycles. The van der Waals surface area contributed by atoms with Gasteiger partial charge in [0.2, 0.25) is 5.91 Å². The number of hydrogen-bond donors (Lipinski definition) is 1. The summed E-state index contributed by atoms with van der Waals surface area (Å²) in [6.45, 7) is 7.59. The van der Waals surface area contributed by atoms with Crippen molar-refractivity contribution in [3.8, 4) is 0 Å². The highest BCUT2D eigenvalue weighted by Crippen LogP contribution is 2.40. The van der Waals surface area contributed by atoms with Crippen LogP contribution in [0, 0.1) is 11.8 Å². The second-order valence-electron chi connectivity index (χ2n) is 9.83. The van der Waals surface area contributed by atoms with Crippen LogP contribution in [0.15, 0.2) is 36.4 Å². The summed E-state index contributed by atoms with van der Waals surface area (Å²) in [4.78, 5) is 17.0. The standard InChI is InChI=1S/C27H34Cl2F3N3O/c1-4-18(15-19-8-9-20(28)16-22(19)29)26(36)35-12-10-34(11-13-35)24-7-5-6-21(27(30,31)32)25(24)23(33)14-17(2)3/h5-9,16-18,23H,4,10-15,33H2,1-3H3. The van der Waals surface area contributed by atoms with Crippen LogP contribution in [0.4, 0.5) is 18.9 Å². The highest BCUT2D eigenvalue weighted by molar-refractivity contribution is 6.35. The van der Waals surface area contributed by atoms with Crippen molar-refractivity contribution in [3.05, 3.63) is 63.1 Å². The van der Waals surface area contributed by atoms with E-state index in [1.807, 2.05) is 31.7 Å². The summed E-state index contributed by atoms with van der Waals surface area (Å²) in [6.07, 6.45) is -2.88. The average molecular weight is 544 g/mol. The lowest BCUT2D eigenvalue weighted by molar-refractivity contribution is -0.138. The van der Waals surface area contributed by atoms with Crippen molar-refractivity contribution < 1.29 is 18.0 Å². The van der Waals surface area contributed by atoms with Crippen LogP contribution in [-0.2, 0) is 17.4 Å². The molecule has 0 aromatic heterocycles. The van der Waals surface area contributed by atoms with E-state index < -0.39 is 17.8 Å².